The van der Waals surface area contributed by atoms with E-state index in [-0.39, 0.29) is 27.8 Å². The van der Waals surface area contributed by atoms with Gasteiger partial charge < -0.3 is 10.1 Å². The molecule has 2 aromatic rings. The van der Waals surface area contributed by atoms with Gasteiger partial charge in [-0.1, -0.05) is 42.5 Å². The number of ether oxygens (including phenoxy) is 1. The molecule has 2 heterocycles. The molecule has 152 valence electrons. The summed E-state index contributed by atoms with van der Waals surface area (Å²) in [6.45, 7) is 1.57. The fourth-order valence-corrected chi connectivity index (χ4v) is 3.31. The number of pyridine rings is 1. The summed E-state index contributed by atoms with van der Waals surface area (Å²) >= 11 is 12.0. The number of hydrogen-bond acceptors (Lipinski definition) is 4. The summed E-state index contributed by atoms with van der Waals surface area (Å²) in [6, 6.07) is 0.309. The molecule has 1 amide bonds. The van der Waals surface area contributed by atoms with Gasteiger partial charge in [-0.05, 0) is 25.8 Å². The molecule has 1 aliphatic carbocycles. The molecular formula is C17H17Cl2F3N4O2. The van der Waals surface area contributed by atoms with E-state index >= 15 is 0 Å². The van der Waals surface area contributed by atoms with Crippen molar-refractivity contribution in [2.24, 2.45) is 0 Å². The Morgan fingerprint density at radius 1 is 1.25 bits per heavy atom. The van der Waals surface area contributed by atoms with Gasteiger partial charge in [0.05, 0.1) is 11.3 Å². The van der Waals surface area contributed by atoms with E-state index in [1.165, 1.54) is 0 Å². The quantitative estimate of drug-likeness (QED) is 0.680. The molecule has 1 N–H and O–H groups in total. The van der Waals surface area contributed by atoms with Crippen LogP contribution in [0.4, 0.5) is 18.0 Å². The smallest absolute Gasteiger partial charge is 0.416 e. The molecule has 3 rings (SSSR count). The number of halogens is 5. The van der Waals surface area contributed by atoms with Gasteiger partial charge in [-0.15, -0.1) is 5.10 Å². The Kier molecular flexibility index (Phi) is 6.04. The SMILES string of the molecule is Cc1c(Cl)c(Oc2ncc(C(F)(F)F)cc2Cl)nn1C(=O)NC1CCCCC1. The van der Waals surface area contributed by atoms with Crippen molar-refractivity contribution in [1.82, 2.24) is 20.1 Å². The van der Waals surface area contributed by atoms with Crippen LogP contribution in [0, 0.1) is 6.92 Å². The number of amides is 1. The number of carbonyl (C=O) groups is 1. The minimum Gasteiger partial charge on any atom is -0.416 e. The van der Waals surface area contributed by atoms with Crippen LogP contribution in [0.5, 0.6) is 11.8 Å². The van der Waals surface area contributed by atoms with Gasteiger partial charge in [0, 0.05) is 12.2 Å². The first-order valence-electron chi connectivity index (χ1n) is 8.63. The van der Waals surface area contributed by atoms with E-state index in [4.69, 9.17) is 27.9 Å². The van der Waals surface area contributed by atoms with Gasteiger partial charge in [0.25, 0.3) is 5.88 Å². The van der Waals surface area contributed by atoms with Crippen LogP contribution in [0.15, 0.2) is 12.3 Å². The van der Waals surface area contributed by atoms with Crippen molar-refractivity contribution in [2.75, 3.05) is 0 Å². The number of nitrogens with zero attached hydrogens (tertiary/aromatic N) is 3. The number of hydrogen-bond donors (Lipinski definition) is 1. The van der Waals surface area contributed by atoms with E-state index in [0.29, 0.717) is 18.0 Å². The van der Waals surface area contributed by atoms with Crippen LogP contribution in [-0.4, -0.2) is 26.8 Å². The molecular weight excluding hydrogens is 420 g/mol. The summed E-state index contributed by atoms with van der Waals surface area (Å²) in [5, 5.41) is 6.59. The van der Waals surface area contributed by atoms with Gasteiger partial charge in [0.2, 0.25) is 5.88 Å². The molecule has 28 heavy (non-hydrogen) atoms. The molecule has 0 atom stereocenters. The molecule has 0 radical (unpaired) electrons. The average molecular weight is 437 g/mol. The van der Waals surface area contributed by atoms with Crippen LogP contribution in [0.2, 0.25) is 10.0 Å². The average Bonchev–Trinajstić information content (AvgIpc) is 2.92. The molecule has 0 aliphatic heterocycles. The number of alkyl halides is 3. The summed E-state index contributed by atoms with van der Waals surface area (Å²) in [7, 11) is 0. The number of rotatable bonds is 3. The monoisotopic (exact) mass is 436 g/mol. The first-order chi connectivity index (χ1) is 13.2. The first kappa shape index (κ1) is 20.7. The lowest BCUT2D eigenvalue weighted by molar-refractivity contribution is -0.137. The summed E-state index contributed by atoms with van der Waals surface area (Å²) < 4.78 is 44.5. The highest BCUT2D eigenvalue weighted by Crippen LogP contribution is 2.36. The van der Waals surface area contributed by atoms with Crippen LogP contribution in [0.25, 0.3) is 0 Å². The highest BCUT2D eigenvalue weighted by molar-refractivity contribution is 6.33. The van der Waals surface area contributed by atoms with Gasteiger partial charge >= 0.3 is 12.2 Å². The second-order valence-corrected chi connectivity index (χ2v) is 7.30. The molecule has 1 fully saturated rings. The fourth-order valence-electron chi connectivity index (χ4n) is 2.95. The number of nitrogens with one attached hydrogen (secondary N) is 1. The molecule has 0 spiro atoms. The molecule has 11 heteroatoms. The summed E-state index contributed by atoms with van der Waals surface area (Å²) in [5.74, 6) is -0.471. The predicted molar refractivity (Wildman–Crippen MR) is 97.1 cm³/mol. The second kappa shape index (κ2) is 8.16. The van der Waals surface area contributed by atoms with Gasteiger partial charge in [-0.3, -0.25) is 0 Å². The zero-order valence-corrected chi connectivity index (χ0v) is 16.3. The second-order valence-electron chi connectivity index (χ2n) is 6.51. The molecule has 1 saturated carbocycles. The van der Waals surface area contributed by atoms with Gasteiger partial charge in [-0.2, -0.15) is 17.9 Å². The molecule has 0 aromatic carbocycles. The lowest BCUT2D eigenvalue weighted by Gasteiger charge is -2.22. The van der Waals surface area contributed by atoms with E-state index in [1.54, 1.807) is 6.92 Å². The Morgan fingerprint density at radius 2 is 1.93 bits per heavy atom. The van der Waals surface area contributed by atoms with Crippen molar-refractivity contribution in [3.05, 3.63) is 33.6 Å². The Labute approximate surface area is 169 Å². The van der Waals surface area contributed by atoms with Gasteiger partial charge in [0.15, 0.2) is 0 Å². The van der Waals surface area contributed by atoms with E-state index in [9.17, 15) is 18.0 Å². The van der Waals surface area contributed by atoms with Crippen molar-refractivity contribution < 1.29 is 22.7 Å². The minimum atomic E-state index is -4.58. The van der Waals surface area contributed by atoms with Gasteiger partial charge in [0.1, 0.15) is 10.0 Å². The van der Waals surface area contributed by atoms with Crippen LogP contribution < -0.4 is 10.1 Å². The normalized spacial score (nSPS) is 15.5. The Morgan fingerprint density at radius 3 is 2.54 bits per heavy atom. The highest BCUT2D eigenvalue weighted by atomic mass is 35.5. The third-order valence-electron chi connectivity index (χ3n) is 4.47. The van der Waals surface area contributed by atoms with Crippen LogP contribution in [-0.2, 0) is 6.18 Å². The molecule has 2 aromatic heterocycles. The molecule has 0 saturated heterocycles. The van der Waals surface area contributed by atoms with Gasteiger partial charge in [-0.25, -0.2) is 9.78 Å². The standard InChI is InChI=1S/C17H17Cl2F3N4O2/c1-9-13(19)15(25-26(9)16(27)24-11-5-3-2-4-6-11)28-14-12(18)7-10(8-23-14)17(20,21)22/h7-8,11H,2-6H2,1H3,(H,24,27). The van der Waals surface area contributed by atoms with E-state index in [1.807, 2.05) is 0 Å². The van der Waals surface area contributed by atoms with Crippen molar-refractivity contribution in [3.8, 4) is 11.8 Å². The van der Waals surface area contributed by atoms with E-state index < -0.39 is 17.8 Å². The van der Waals surface area contributed by atoms with Crippen LogP contribution in [0.1, 0.15) is 43.4 Å². The lowest BCUT2D eigenvalue weighted by Crippen LogP contribution is -2.39. The third kappa shape index (κ3) is 4.52. The third-order valence-corrected chi connectivity index (χ3v) is 5.17. The zero-order chi connectivity index (χ0) is 20.5. The summed E-state index contributed by atoms with van der Waals surface area (Å²) in [5.41, 5.74) is -0.683. The maximum absolute atomic E-state index is 12.7. The van der Waals surface area contributed by atoms with Crippen molar-refractivity contribution in [2.45, 2.75) is 51.2 Å². The van der Waals surface area contributed by atoms with Crippen LogP contribution >= 0.6 is 23.2 Å². The topological polar surface area (TPSA) is 69.0 Å². The Balaban J connectivity index is 1.78. The summed E-state index contributed by atoms with van der Waals surface area (Å²) in [6.07, 6.45) is 1.06. The minimum absolute atomic E-state index is 0.0385. The lowest BCUT2D eigenvalue weighted by atomic mass is 9.96. The molecule has 6 nitrogen and oxygen atoms in total. The summed E-state index contributed by atoms with van der Waals surface area (Å²) in [4.78, 5) is 16.1. The van der Waals surface area contributed by atoms with Crippen molar-refractivity contribution in [1.29, 1.82) is 0 Å². The Hall–Kier alpha value is -2.00. The fraction of sp³-hybridized carbons (Fsp3) is 0.471. The van der Waals surface area contributed by atoms with E-state index in [0.717, 1.165) is 36.8 Å². The highest BCUT2D eigenvalue weighted by Gasteiger charge is 2.32. The molecule has 0 unspecified atom stereocenters. The number of carbonyl (C=O) groups excluding carboxylic acids is 1. The first-order valence-corrected chi connectivity index (χ1v) is 9.39. The largest absolute Gasteiger partial charge is 0.417 e. The van der Waals surface area contributed by atoms with E-state index in [2.05, 4.69) is 15.4 Å². The molecule has 1 aliphatic rings. The Bertz CT molecular complexity index is 880. The molecule has 0 bridgehead atoms. The zero-order valence-electron chi connectivity index (χ0n) is 14.8. The van der Waals surface area contributed by atoms with Crippen LogP contribution in [0.3, 0.4) is 0 Å². The number of aromatic nitrogens is 3. The maximum atomic E-state index is 12.7. The maximum Gasteiger partial charge on any atom is 0.417 e. The van der Waals surface area contributed by atoms with Crippen molar-refractivity contribution in [3.63, 3.8) is 0 Å². The predicted octanol–water partition coefficient (Wildman–Crippen LogP) is 5.59. The van der Waals surface area contributed by atoms with Crippen molar-refractivity contribution >= 4 is 29.2 Å².